The first kappa shape index (κ1) is 19.4. The highest BCUT2D eigenvalue weighted by atomic mass is 32.2. The third-order valence-electron chi connectivity index (χ3n) is 4.47. The molecule has 148 valence electrons. The quantitative estimate of drug-likeness (QED) is 0.405. The molecule has 0 aliphatic carbocycles. The predicted octanol–water partition coefficient (Wildman–Crippen LogP) is 5.46. The van der Waals surface area contributed by atoms with Crippen molar-refractivity contribution in [2.75, 3.05) is 6.73 Å². The van der Waals surface area contributed by atoms with Crippen LogP contribution in [-0.2, 0) is 6.18 Å². The zero-order valence-corrected chi connectivity index (χ0v) is 16.1. The fourth-order valence-electron chi connectivity index (χ4n) is 3.05. The van der Waals surface area contributed by atoms with Gasteiger partial charge in [-0.25, -0.2) is 4.72 Å². The molecular weight excluding hydrogens is 397 g/mol. The van der Waals surface area contributed by atoms with Crippen LogP contribution in [0.1, 0.15) is 5.56 Å². The molecule has 0 amide bonds. The minimum atomic E-state index is -4.31. The molecule has 3 aromatic carbocycles. The molecule has 3 N–H and O–H groups in total. The number of nitrogens with two attached hydrogens (primary N) is 1. The lowest BCUT2D eigenvalue weighted by molar-refractivity contribution is -0.520. The summed E-state index contributed by atoms with van der Waals surface area (Å²) in [6.45, 7) is 0.536. The van der Waals surface area contributed by atoms with Gasteiger partial charge in [0.15, 0.2) is 0 Å². The number of ether oxygens (including phenoxy) is 1. The summed E-state index contributed by atoms with van der Waals surface area (Å²) in [5, 5.41) is 1.28. The van der Waals surface area contributed by atoms with Crippen molar-refractivity contribution in [2.45, 2.75) is 11.1 Å². The Labute approximate surface area is 170 Å². The summed E-state index contributed by atoms with van der Waals surface area (Å²) in [5.41, 5.74) is 2.21. The third-order valence-corrected chi connectivity index (χ3v) is 5.43. The Hall–Kier alpha value is -2.90. The molecule has 0 fully saturated rings. The summed E-state index contributed by atoms with van der Waals surface area (Å²) in [6, 6.07) is 21.1. The van der Waals surface area contributed by atoms with Gasteiger partial charge in [-0.1, -0.05) is 42.5 Å². The first-order valence-electron chi connectivity index (χ1n) is 8.96. The number of H-pyrrole nitrogens is 1. The molecule has 3 nitrogen and oxygen atoms in total. The molecule has 0 unspecified atom stereocenters. The van der Waals surface area contributed by atoms with Gasteiger partial charge in [0.2, 0.25) is 6.73 Å². The smallest absolute Gasteiger partial charge is 0.416 e. The van der Waals surface area contributed by atoms with E-state index in [1.54, 1.807) is 11.9 Å². The Kier molecular flexibility index (Phi) is 5.51. The van der Waals surface area contributed by atoms with Gasteiger partial charge in [-0.05, 0) is 41.3 Å². The van der Waals surface area contributed by atoms with Crippen molar-refractivity contribution < 1.29 is 22.6 Å². The van der Waals surface area contributed by atoms with Crippen LogP contribution in [0.4, 0.5) is 13.2 Å². The predicted molar refractivity (Wildman–Crippen MR) is 108 cm³/mol. The number of quaternary nitrogens is 1. The summed E-state index contributed by atoms with van der Waals surface area (Å²) >= 11 is 1.55. The van der Waals surface area contributed by atoms with Crippen LogP contribution >= 0.6 is 11.9 Å². The van der Waals surface area contributed by atoms with Gasteiger partial charge in [0.05, 0.1) is 5.56 Å². The van der Waals surface area contributed by atoms with Crippen LogP contribution in [0.25, 0.3) is 22.0 Å². The van der Waals surface area contributed by atoms with E-state index in [4.69, 9.17) is 4.74 Å². The number of halogens is 3. The molecule has 1 aliphatic heterocycles. The fraction of sp³-hybridized carbons (Fsp3) is 0.0909. The van der Waals surface area contributed by atoms with E-state index in [-0.39, 0.29) is 0 Å². The minimum absolute atomic E-state index is 0.536. The van der Waals surface area contributed by atoms with Crippen molar-refractivity contribution in [3.63, 3.8) is 0 Å². The number of rotatable bonds is 1. The maximum absolute atomic E-state index is 12.6. The zero-order chi connectivity index (χ0) is 20.3. The largest absolute Gasteiger partial charge is 0.443 e. The van der Waals surface area contributed by atoms with E-state index in [1.165, 1.54) is 23.0 Å². The highest BCUT2D eigenvalue weighted by Gasteiger charge is 2.30. The Bertz CT molecular complexity index is 1080. The highest BCUT2D eigenvalue weighted by Crippen LogP contribution is 2.38. The van der Waals surface area contributed by atoms with Crippen LogP contribution in [0.15, 0.2) is 83.9 Å². The van der Waals surface area contributed by atoms with E-state index in [9.17, 15) is 13.2 Å². The van der Waals surface area contributed by atoms with Crippen molar-refractivity contribution in [2.24, 2.45) is 0 Å². The monoisotopic (exact) mass is 415 g/mol. The summed E-state index contributed by atoms with van der Waals surface area (Å²) in [6.07, 6.45) is -2.36. The average Bonchev–Trinajstić information content (AvgIpc) is 3.22. The van der Waals surface area contributed by atoms with Crippen LogP contribution in [0.5, 0.6) is 5.75 Å². The van der Waals surface area contributed by atoms with Gasteiger partial charge in [0.1, 0.15) is 22.6 Å². The molecule has 0 atom stereocenters. The number of hydrogen-bond acceptors (Lipinski definition) is 2. The molecule has 0 saturated heterocycles. The molecule has 4 aromatic rings. The Morgan fingerprint density at radius 1 is 0.897 bits per heavy atom. The summed E-state index contributed by atoms with van der Waals surface area (Å²) in [5.74, 6) is 0.773. The number of para-hydroxylation sites is 1. The van der Waals surface area contributed by atoms with Crippen LogP contribution in [0, 0.1) is 0 Å². The van der Waals surface area contributed by atoms with Gasteiger partial charge < -0.3 is 9.72 Å². The number of aromatic nitrogens is 1. The SMILES string of the molecule is FC(F)(F)c1ccc(-c2cccc3c2S[NH2+]CO3)cc1.c1ccc2[nH]ccc2c1. The van der Waals surface area contributed by atoms with Crippen LogP contribution in [0.3, 0.4) is 0 Å². The molecule has 1 aromatic heterocycles. The lowest BCUT2D eigenvalue weighted by Crippen LogP contribution is -2.78. The molecule has 0 bridgehead atoms. The first-order chi connectivity index (χ1) is 14.0. The summed E-state index contributed by atoms with van der Waals surface area (Å²) < 4.78 is 45.1. The third kappa shape index (κ3) is 4.41. The Balaban J connectivity index is 0.000000188. The number of aromatic amines is 1. The summed E-state index contributed by atoms with van der Waals surface area (Å²) in [4.78, 5) is 4.06. The van der Waals surface area contributed by atoms with Gasteiger partial charge >= 0.3 is 6.18 Å². The normalized spacial score (nSPS) is 13.2. The molecule has 29 heavy (non-hydrogen) atoms. The van der Waals surface area contributed by atoms with Crippen LogP contribution in [0.2, 0.25) is 0 Å². The molecule has 7 heteroatoms. The molecule has 0 saturated carbocycles. The zero-order valence-electron chi connectivity index (χ0n) is 15.2. The van der Waals surface area contributed by atoms with Crippen molar-refractivity contribution in [3.05, 3.63) is 84.6 Å². The van der Waals surface area contributed by atoms with E-state index in [0.717, 1.165) is 33.9 Å². The molecule has 2 heterocycles. The second kappa shape index (κ2) is 8.23. The van der Waals surface area contributed by atoms with E-state index in [0.29, 0.717) is 6.73 Å². The molecule has 5 rings (SSSR count). The average molecular weight is 415 g/mol. The maximum Gasteiger partial charge on any atom is 0.416 e. The molecular formula is C22H18F3N2OS+. The number of alkyl halides is 3. The van der Waals surface area contributed by atoms with E-state index in [1.807, 2.05) is 41.3 Å². The van der Waals surface area contributed by atoms with Crippen LogP contribution in [-0.4, -0.2) is 11.7 Å². The molecule has 1 aliphatic rings. The van der Waals surface area contributed by atoms with Gasteiger partial charge in [-0.3, -0.25) is 0 Å². The number of benzene rings is 3. The Morgan fingerprint density at radius 3 is 2.45 bits per heavy atom. The van der Waals surface area contributed by atoms with Crippen molar-refractivity contribution in [1.29, 1.82) is 0 Å². The highest BCUT2D eigenvalue weighted by molar-refractivity contribution is 7.93. The summed E-state index contributed by atoms with van der Waals surface area (Å²) in [7, 11) is 0. The van der Waals surface area contributed by atoms with Gasteiger partial charge in [-0.15, -0.1) is 0 Å². The van der Waals surface area contributed by atoms with E-state index < -0.39 is 11.7 Å². The first-order valence-corrected chi connectivity index (χ1v) is 9.84. The minimum Gasteiger partial charge on any atom is -0.443 e. The van der Waals surface area contributed by atoms with E-state index in [2.05, 4.69) is 23.2 Å². The number of hydrogen-bond donors (Lipinski definition) is 2. The lowest BCUT2D eigenvalue weighted by atomic mass is 10.0. The number of fused-ring (bicyclic) bond motifs is 2. The second-order valence-electron chi connectivity index (χ2n) is 6.37. The Morgan fingerprint density at radius 2 is 1.69 bits per heavy atom. The maximum atomic E-state index is 12.6. The van der Waals surface area contributed by atoms with Crippen molar-refractivity contribution >= 4 is 22.9 Å². The van der Waals surface area contributed by atoms with Crippen molar-refractivity contribution in [1.82, 2.24) is 4.98 Å². The fourth-order valence-corrected chi connectivity index (χ4v) is 3.91. The van der Waals surface area contributed by atoms with E-state index >= 15 is 0 Å². The van der Waals surface area contributed by atoms with Gasteiger partial charge in [0.25, 0.3) is 0 Å². The molecule has 0 radical (unpaired) electrons. The lowest BCUT2D eigenvalue weighted by Gasteiger charge is -2.17. The molecule has 0 spiro atoms. The van der Waals surface area contributed by atoms with Crippen LogP contribution < -0.4 is 9.46 Å². The number of nitrogens with one attached hydrogen (secondary N) is 1. The van der Waals surface area contributed by atoms with Gasteiger partial charge in [0, 0.05) is 17.3 Å². The second-order valence-corrected chi connectivity index (χ2v) is 7.35. The van der Waals surface area contributed by atoms with Gasteiger partial charge in [-0.2, -0.15) is 13.2 Å². The van der Waals surface area contributed by atoms with Crippen molar-refractivity contribution in [3.8, 4) is 16.9 Å². The topological polar surface area (TPSA) is 41.6 Å². The standard InChI is InChI=1S/C14H10F3NOS.C8H7N/c15-14(16,17)10-6-4-9(5-7-10)11-2-1-3-12-13(11)20-18-8-19-12;1-2-4-8-7(3-1)5-6-9-8/h1-7,18H,8H2;1-6,9H/p+1.